The summed E-state index contributed by atoms with van der Waals surface area (Å²) >= 11 is 0. The van der Waals surface area contributed by atoms with E-state index in [0.717, 1.165) is 11.1 Å². The van der Waals surface area contributed by atoms with Crippen molar-refractivity contribution in [1.82, 2.24) is 10.2 Å². The number of nitrogens with one attached hydrogen (secondary N) is 1. The number of amides is 2. The monoisotopic (exact) mass is 380 g/mol. The number of hydrogen-bond acceptors (Lipinski definition) is 4. The predicted molar refractivity (Wildman–Crippen MR) is 107 cm³/mol. The van der Waals surface area contributed by atoms with Gasteiger partial charge in [0.1, 0.15) is 0 Å². The van der Waals surface area contributed by atoms with Gasteiger partial charge in [-0.15, -0.1) is 0 Å². The van der Waals surface area contributed by atoms with Gasteiger partial charge in [-0.2, -0.15) is 0 Å². The van der Waals surface area contributed by atoms with E-state index < -0.39 is 13.1 Å². The van der Waals surface area contributed by atoms with Crippen LogP contribution in [0.5, 0.6) is 0 Å². The van der Waals surface area contributed by atoms with Crippen molar-refractivity contribution < 1.29 is 19.6 Å². The summed E-state index contributed by atoms with van der Waals surface area (Å²) in [6.45, 7) is 0.930. The molecule has 1 fully saturated rings. The number of benzene rings is 2. The lowest BCUT2D eigenvalue weighted by molar-refractivity contribution is -0.128. The van der Waals surface area contributed by atoms with Gasteiger partial charge in [-0.1, -0.05) is 60.7 Å². The molecule has 0 bridgehead atoms. The van der Waals surface area contributed by atoms with Crippen LogP contribution in [0.25, 0.3) is 0 Å². The molecule has 2 aromatic carbocycles. The molecule has 6 nitrogen and oxygen atoms in total. The van der Waals surface area contributed by atoms with E-state index in [2.05, 4.69) is 5.32 Å². The molecular weight excluding hydrogens is 355 g/mol. The third-order valence-corrected chi connectivity index (χ3v) is 5.10. The van der Waals surface area contributed by atoms with Gasteiger partial charge >= 0.3 is 7.12 Å². The lowest BCUT2D eigenvalue weighted by Crippen LogP contribution is -2.48. The Hall–Kier alpha value is -2.64. The quantitative estimate of drug-likeness (QED) is 0.599. The number of nitrogens with zero attached hydrogens (tertiary/aromatic N) is 1. The zero-order valence-corrected chi connectivity index (χ0v) is 15.7. The average Bonchev–Trinajstić information content (AvgIpc) is 3.08. The van der Waals surface area contributed by atoms with Crippen LogP contribution in [0.4, 0.5) is 0 Å². The van der Waals surface area contributed by atoms with E-state index in [0.29, 0.717) is 25.9 Å². The van der Waals surface area contributed by atoms with Gasteiger partial charge in [-0.05, 0) is 17.5 Å². The maximum atomic E-state index is 12.3. The van der Waals surface area contributed by atoms with Gasteiger partial charge in [0, 0.05) is 31.8 Å². The van der Waals surface area contributed by atoms with Crippen molar-refractivity contribution in [3.63, 3.8) is 0 Å². The van der Waals surface area contributed by atoms with Crippen molar-refractivity contribution in [3.05, 3.63) is 71.8 Å². The summed E-state index contributed by atoms with van der Waals surface area (Å²) in [5, 5.41) is 21.8. The molecule has 3 rings (SSSR count). The lowest BCUT2D eigenvalue weighted by atomic mass is 9.76. The fourth-order valence-electron chi connectivity index (χ4n) is 3.55. The van der Waals surface area contributed by atoms with Crippen molar-refractivity contribution in [3.8, 4) is 0 Å². The Balaban J connectivity index is 1.49. The predicted octanol–water partition coefficient (Wildman–Crippen LogP) is 1.13. The summed E-state index contributed by atoms with van der Waals surface area (Å²) in [5.41, 5.74) is 2.04. The Kier molecular flexibility index (Phi) is 6.84. The topological polar surface area (TPSA) is 89.9 Å². The highest BCUT2D eigenvalue weighted by Gasteiger charge is 2.31. The lowest BCUT2D eigenvalue weighted by Gasteiger charge is -2.20. The minimum Gasteiger partial charge on any atom is -0.426 e. The highest BCUT2D eigenvalue weighted by Crippen LogP contribution is 2.27. The van der Waals surface area contributed by atoms with Crippen LogP contribution in [0, 0.1) is 0 Å². The second kappa shape index (κ2) is 9.53. The van der Waals surface area contributed by atoms with Gasteiger partial charge in [0.05, 0.1) is 5.94 Å². The average molecular weight is 380 g/mol. The molecule has 0 aliphatic carbocycles. The minimum atomic E-state index is -1.65. The molecule has 0 saturated carbocycles. The molecule has 2 atom stereocenters. The van der Waals surface area contributed by atoms with Crippen LogP contribution < -0.4 is 5.32 Å². The first-order valence-corrected chi connectivity index (χ1v) is 9.55. The first kappa shape index (κ1) is 20.1. The van der Waals surface area contributed by atoms with E-state index in [1.807, 2.05) is 60.7 Å². The van der Waals surface area contributed by atoms with E-state index in [1.54, 1.807) is 4.90 Å². The Morgan fingerprint density at radius 2 is 1.75 bits per heavy atom. The van der Waals surface area contributed by atoms with Gasteiger partial charge in [0.25, 0.3) is 0 Å². The summed E-state index contributed by atoms with van der Waals surface area (Å²) in [4.78, 5) is 26.3. The number of rotatable bonds is 8. The summed E-state index contributed by atoms with van der Waals surface area (Å²) < 4.78 is 0. The fourth-order valence-corrected chi connectivity index (χ4v) is 3.55. The normalized spacial score (nSPS) is 17.4. The van der Waals surface area contributed by atoms with Crippen LogP contribution in [0.15, 0.2) is 60.7 Å². The second-order valence-electron chi connectivity index (χ2n) is 7.18. The first-order chi connectivity index (χ1) is 13.5. The molecule has 28 heavy (non-hydrogen) atoms. The van der Waals surface area contributed by atoms with Crippen LogP contribution in [0.1, 0.15) is 29.9 Å². The molecule has 1 saturated heterocycles. The van der Waals surface area contributed by atoms with Gasteiger partial charge in [0.2, 0.25) is 11.8 Å². The summed E-state index contributed by atoms with van der Waals surface area (Å²) in [6.07, 6.45) is 0.909. The maximum absolute atomic E-state index is 12.3. The van der Waals surface area contributed by atoms with E-state index in [4.69, 9.17) is 0 Å². The number of hydrogen-bond donors (Lipinski definition) is 3. The number of carbonyl (C=O) groups excluding carboxylic acids is 2. The van der Waals surface area contributed by atoms with Crippen molar-refractivity contribution in [2.24, 2.45) is 0 Å². The highest BCUT2D eigenvalue weighted by atomic mass is 16.4. The highest BCUT2D eigenvalue weighted by molar-refractivity contribution is 6.43. The second-order valence-corrected chi connectivity index (χ2v) is 7.18. The molecular formula is C21H25BN2O4. The van der Waals surface area contributed by atoms with Gasteiger partial charge in [0.15, 0.2) is 0 Å². The van der Waals surface area contributed by atoms with Crippen molar-refractivity contribution in [2.75, 3.05) is 13.1 Å². The SMILES string of the molecule is O=C(CCN1CC(c2ccccc2)CC1=O)N[C@@H](Cc1ccccc1)B(O)O. The number of likely N-dealkylation sites (tertiary alicyclic amines) is 1. The smallest absolute Gasteiger partial charge is 0.426 e. The first-order valence-electron chi connectivity index (χ1n) is 9.55. The standard InChI is InChI=1S/C21H25BN2O4/c25-20(23-19(22(27)28)13-16-7-3-1-4-8-16)11-12-24-15-18(14-21(24)26)17-9-5-2-6-10-17/h1-10,18-19,27-28H,11-15H2,(H,23,25)/t18?,19-/m0/s1. The zero-order chi connectivity index (χ0) is 19.9. The molecule has 1 aliphatic rings. The van der Waals surface area contributed by atoms with Gasteiger partial charge in [-0.3, -0.25) is 9.59 Å². The maximum Gasteiger partial charge on any atom is 0.475 e. The molecule has 2 aromatic rings. The van der Waals surface area contributed by atoms with E-state index in [9.17, 15) is 19.6 Å². The molecule has 0 radical (unpaired) electrons. The molecule has 3 N–H and O–H groups in total. The molecule has 2 amide bonds. The van der Waals surface area contributed by atoms with E-state index in [1.165, 1.54) is 0 Å². The molecule has 146 valence electrons. The summed E-state index contributed by atoms with van der Waals surface area (Å²) in [5.74, 6) is -0.891. The fraction of sp³-hybridized carbons (Fsp3) is 0.333. The molecule has 1 aliphatic heterocycles. The van der Waals surface area contributed by atoms with Gasteiger partial charge in [-0.25, -0.2) is 0 Å². The molecule has 1 unspecified atom stereocenters. The molecule has 7 heteroatoms. The number of carbonyl (C=O) groups is 2. The molecule has 0 aromatic heterocycles. The van der Waals surface area contributed by atoms with Crippen LogP contribution in [-0.4, -0.2) is 52.9 Å². The Bertz CT molecular complexity index is 786. The van der Waals surface area contributed by atoms with Crippen LogP contribution in [0.3, 0.4) is 0 Å². The molecule has 0 spiro atoms. The van der Waals surface area contributed by atoms with Crippen molar-refractivity contribution >= 4 is 18.9 Å². The zero-order valence-electron chi connectivity index (χ0n) is 15.7. The van der Waals surface area contributed by atoms with Crippen LogP contribution in [-0.2, 0) is 16.0 Å². The van der Waals surface area contributed by atoms with Crippen LogP contribution in [0.2, 0.25) is 0 Å². The van der Waals surface area contributed by atoms with Gasteiger partial charge < -0.3 is 20.3 Å². The van der Waals surface area contributed by atoms with E-state index >= 15 is 0 Å². The van der Waals surface area contributed by atoms with Crippen molar-refractivity contribution in [1.29, 1.82) is 0 Å². The van der Waals surface area contributed by atoms with E-state index in [-0.39, 0.29) is 24.2 Å². The minimum absolute atomic E-state index is 0.0460. The summed E-state index contributed by atoms with van der Waals surface area (Å²) in [6, 6.07) is 19.2. The third-order valence-electron chi connectivity index (χ3n) is 5.10. The largest absolute Gasteiger partial charge is 0.475 e. The van der Waals surface area contributed by atoms with Crippen LogP contribution >= 0.6 is 0 Å². The Morgan fingerprint density at radius 1 is 1.11 bits per heavy atom. The third kappa shape index (κ3) is 5.44. The van der Waals surface area contributed by atoms with Crippen molar-refractivity contribution in [2.45, 2.75) is 31.1 Å². The Labute approximate surface area is 165 Å². The Morgan fingerprint density at radius 3 is 2.39 bits per heavy atom. The summed E-state index contributed by atoms with van der Waals surface area (Å²) in [7, 11) is -1.65. The molecule has 1 heterocycles.